The van der Waals surface area contributed by atoms with E-state index in [0.29, 0.717) is 12.1 Å². The van der Waals surface area contributed by atoms with Crippen molar-refractivity contribution in [3.63, 3.8) is 0 Å². The molecule has 15 heavy (non-hydrogen) atoms. The Morgan fingerprint density at radius 3 is 2.73 bits per heavy atom. The minimum Gasteiger partial charge on any atom is -0.348 e. The van der Waals surface area contributed by atoms with Gasteiger partial charge in [0.15, 0.2) is 0 Å². The number of aryl methyl sites for hydroxylation is 1. The number of rotatable bonds is 3. The molecule has 3 heteroatoms. The van der Waals surface area contributed by atoms with Crippen LogP contribution in [0.2, 0.25) is 0 Å². The minimum atomic E-state index is -0.0788. The molecule has 0 fully saturated rings. The van der Waals surface area contributed by atoms with E-state index in [9.17, 15) is 4.79 Å². The second-order valence-electron chi connectivity index (χ2n) is 3.62. The van der Waals surface area contributed by atoms with Gasteiger partial charge in [0.1, 0.15) is 0 Å². The van der Waals surface area contributed by atoms with Crippen LogP contribution in [0.25, 0.3) is 0 Å². The summed E-state index contributed by atoms with van der Waals surface area (Å²) in [4.78, 5) is 11.7. The SMILES string of the molecule is C=C(C)CNC(=O)c1ccc(C)cc1Br. The van der Waals surface area contributed by atoms with E-state index >= 15 is 0 Å². The molecular weight excluding hydrogens is 254 g/mol. The molecule has 0 bridgehead atoms. The fourth-order valence-electron chi connectivity index (χ4n) is 1.13. The van der Waals surface area contributed by atoms with E-state index in [0.717, 1.165) is 15.6 Å². The van der Waals surface area contributed by atoms with Crippen molar-refractivity contribution in [3.8, 4) is 0 Å². The van der Waals surface area contributed by atoms with Crippen molar-refractivity contribution in [3.05, 3.63) is 46.0 Å². The van der Waals surface area contributed by atoms with E-state index in [2.05, 4.69) is 27.8 Å². The van der Waals surface area contributed by atoms with Gasteiger partial charge in [0.25, 0.3) is 5.91 Å². The smallest absolute Gasteiger partial charge is 0.252 e. The first-order valence-corrected chi connectivity index (χ1v) is 5.48. The molecule has 0 aliphatic carbocycles. The topological polar surface area (TPSA) is 29.1 Å². The maximum Gasteiger partial charge on any atom is 0.252 e. The molecule has 0 unspecified atom stereocenters. The van der Waals surface area contributed by atoms with Crippen molar-refractivity contribution >= 4 is 21.8 Å². The summed E-state index contributed by atoms with van der Waals surface area (Å²) in [5.41, 5.74) is 2.71. The number of hydrogen-bond acceptors (Lipinski definition) is 1. The zero-order chi connectivity index (χ0) is 11.4. The number of carbonyl (C=O) groups is 1. The maximum atomic E-state index is 11.7. The summed E-state index contributed by atoms with van der Waals surface area (Å²) >= 11 is 3.37. The Hall–Kier alpha value is -1.09. The second-order valence-corrected chi connectivity index (χ2v) is 4.48. The van der Waals surface area contributed by atoms with E-state index in [1.165, 1.54) is 0 Å². The van der Waals surface area contributed by atoms with Gasteiger partial charge in [0.2, 0.25) is 0 Å². The highest BCUT2D eigenvalue weighted by Crippen LogP contribution is 2.18. The lowest BCUT2D eigenvalue weighted by atomic mass is 10.1. The predicted octanol–water partition coefficient (Wildman–Crippen LogP) is 3.06. The summed E-state index contributed by atoms with van der Waals surface area (Å²) in [6.07, 6.45) is 0. The highest BCUT2D eigenvalue weighted by atomic mass is 79.9. The Kier molecular flexibility index (Phi) is 4.09. The fraction of sp³-hybridized carbons (Fsp3) is 0.250. The third-order valence-corrected chi connectivity index (χ3v) is 2.58. The van der Waals surface area contributed by atoms with Gasteiger partial charge in [-0.15, -0.1) is 0 Å². The Morgan fingerprint density at radius 1 is 1.53 bits per heavy atom. The van der Waals surface area contributed by atoms with Gasteiger partial charge >= 0.3 is 0 Å². The first-order valence-electron chi connectivity index (χ1n) is 4.69. The molecule has 0 aliphatic heterocycles. The average molecular weight is 268 g/mol. The Balaban J connectivity index is 2.78. The van der Waals surface area contributed by atoms with E-state index < -0.39 is 0 Å². The first-order chi connectivity index (χ1) is 7.00. The molecule has 0 radical (unpaired) electrons. The van der Waals surface area contributed by atoms with Gasteiger partial charge in [-0.25, -0.2) is 0 Å². The van der Waals surface area contributed by atoms with Crippen LogP contribution in [0.1, 0.15) is 22.8 Å². The van der Waals surface area contributed by atoms with Crippen LogP contribution in [0.5, 0.6) is 0 Å². The van der Waals surface area contributed by atoms with E-state index in [4.69, 9.17) is 0 Å². The monoisotopic (exact) mass is 267 g/mol. The molecule has 0 saturated heterocycles. The number of nitrogens with one attached hydrogen (secondary N) is 1. The predicted molar refractivity (Wildman–Crippen MR) is 66.0 cm³/mol. The van der Waals surface area contributed by atoms with Crippen molar-refractivity contribution in [1.29, 1.82) is 0 Å². The van der Waals surface area contributed by atoms with Gasteiger partial charge in [-0.3, -0.25) is 4.79 Å². The lowest BCUT2D eigenvalue weighted by molar-refractivity contribution is 0.0956. The minimum absolute atomic E-state index is 0.0788. The summed E-state index contributed by atoms with van der Waals surface area (Å²) in [5, 5.41) is 2.79. The summed E-state index contributed by atoms with van der Waals surface area (Å²) in [7, 11) is 0. The van der Waals surface area contributed by atoms with Crippen LogP contribution < -0.4 is 5.32 Å². The van der Waals surface area contributed by atoms with Crippen LogP contribution in [-0.2, 0) is 0 Å². The van der Waals surface area contributed by atoms with Crippen molar-refractivity contribution in [2.75, 3.05) is 6.54 Å². The fourth-order valence-corrected chi connectivity index (χ4v) is 1.80. The molecular formula is C12H14BrNO. The largest absolute Gasteiger partial charge is 0.348 e. The van der Waals surface area contributed by atoms with E-state index in [-0.39, 0.29) is 5.91 Å². The molecule has 1 amide bonds. The highest BCUT2D eigenvalue weighted by molar-refractivity contribution is 9.10. The molecule has 0 aromatic heterocycles. The number of carbonyl (C=O) groups excluding carboxylic acids is 1. The standard InChI is InChI=1S/C12H14BrNO/c1-8(2)7-14-12(15)10-5-4-9(3)6-11(10)13/h4-6H,1,7H2,2-3H3,(H,14,15). The van der Waals surface area contributed by atoms with Gasteiger partial charge in [0.05, 0.1) is 5.56 Å². The Morgan fingerprint density at radius 2 is 2.20 bits per heavy atom. The van der Waals surface area contributed by atoms with Crippen molar-refractivity contribution in [1.82, 2.24) is 5.32 Å². The van der Waals surface area contributed by atoms with E-state index in [1.54, 1.807) is 0 Å². The normalized spacial score (nSPS) is 9.80. The summed E-state index contributed by atoms with van der Waals surface area (Å²) in [6.45, 7) is 8.11. The lowest BCUT2D eigenvalue weighted by Gasteiger charge is -2.07. The maximum absolute atomic E-state index is 11.7. The Labute approximate surface area is 98.5 Å². The molecule has 1 aromatic carbocycles. The number of halogens is 1. The zero-order valence-electron chi connectivity index (χ0n) is 8.93. The third-order valence-electron chi connectivity index (χ3n) is 1.92. The molecule has 80 valence electrons. The van der Waals surface area contributed by atoms with Crippen LogP contribution in [0.4, 0.5) is 0 Å². The molecule has 1 rings (SSSR count). The van der Waals surface area contributed by atoms with Crippen LogP contribution in [0, 0.1) is 6.92 Å². The molecule has 0 aliphatic rings. The summed E-state index contributed by atoms with van der Waals surface area (Å²) in [5.74, 6) is -0.0788. The Bertz CT molecular complexity index is 399. The number of benzene rings is 1. The third kappa shape index (κ3) is 3.51. The first kappa shape index (κ1) is 12.0. The quantitative estimate of drug-likeness (QED) is 0.839. The van der Waals surface area contributed by atoms with Crippen LogP contribution in [-0.4, -0.2) is 12.5 Å². The van der Waals surface area contributed by atoms with Crippen LogP contribution in [0.3, 0.4) is 0 Å². The van der Waals surface area contributed by atoms with Crippen molar-refractivity contribution in [2.24, 2.45) is 0 Å². The van der Waals surface area contributed by atoms with Gasteiger partial charge in [-0.05, 0) is 47.5 Å². The van der Waals surface area contributed by atoms with Crippen molar-refractivity contribution in [2.45, 2.75) is 13.8 Å². The zero-order valence-corrected chi connectivity index (χ0v) is 10.5. The van der Waals surface area contributed by atoms with Crippen LogP contribution >= 0.6 is 15.9 Å². The van der Waals surface area contributed by atoms with Gasteiger partial charge in [-0.1, -0.05) is 18.2 Å². The summed E-state index contributed by atoms with van der Waals surface area (Å²) in [6, 6.07) is 5.66. The molecule has 0 saturated carbocycles. The molecule has 1 aromatic rings. The molecule has 1 N–H and O–H groups in total. The van der Waals surface area contributed by atoms with E-state index in [1.807, 2.05) is 32.0 Å². The summed E-state index contributed by atoms with van der Waals surface area (Å²) < 4.78 is 0.821. The lowest BCUT2D eigenvalue weighted by Crippen LogP contribution is -2.25. The average Bonchev–Trinajstić information content (AvgIpc) is 2.14. The second kappa shape index (κ2) is 5.12. The number of amides is 1. The van der Waals surface area contributed by atoms with Gasteiger partial charge in [0, 0.05) is 11.0 Å². The highest BCUT2D eigenvalue weighted by Gasteiger charge is 2.08. The van der Waals surface area contributed by atoms with Gasteiger partial charge < -0.3 is 5.32 Å². The molecule has 2 nitrogen and oxygen atoms in total. The molecule has 0 heterocycles. The van der Waals surface area contributed by atoms with Gasteiger partial charge in [-0.2, -0.15) is 0 Å². The van der Waals surface area contributed by atoms with Crippen LogP contribution in [0.15, 0.2) is 34.8 Å². The van der Waals surface area contributed by atoms with Crippen molar-refractivity contribution < 1.29 is 4.79 Å². The molecule has 0 spiro atoms. The molecule has 0 atom stereocenters. The number of hydrogen-bond donors (Lipinski definition) is 1.